The minimum Gasteiger partial charge on any atom is -0.482 e. The summed E-state index contributed by atoms with van der Waals surface area (Å²) in [5, 5.41) is -0.211. The van der Waals surface area contributed by atoms with Gasteiger partial charge in [-0.2, -0.15) is 0 Å². The Labute approximate surface area is 164 Å². The number of hydrogen-bond donors (Lipinski definition) is 0. The molecule has 27 heavy (non-hydrogen) atoms. The van der Waals surface area contributed by atoms with Gasteiger partial charge in [0.2, 0.25) is 0 Å². The number of sulfone groups is 1. The van der Waals surface area contributed by atoms with Crippen LogP contribution in [0.4, 0.5) is 0 Å². The van der Waals surface area contributed by atoms with Crippen molar-refractivity contribution in [3.8, 4) is 5.75 Å². The summed E-state index contributed by atoms with van der Waals surface area (Å²) in [7, 11) is -3.31. The molecule has 0 saturated heterocycles. The van der Waals surface area contributed by atoms with E-state index in [0.29, 0.717) is 16.2 Å². The number of carbonyl (C=O) groups excluding carboxylic acids is 1. The zero-order valence-corrected chi connectivity index (χ0v) is 17.1. The molecular weight excluding hydrogens is 384 g/mol. The first kappa shape index (κ1) is 19.8. The topological polar surface area (TPSA) is 69.7 Å². The summed E-state index contributed by atoms with van der Waals surface area (Å²) in [5.41, 5.74) is 0.134. The van der Waals surface area contributed by atoms with Crippen LogP contribution < -0.4 is 4.74 Å². The van der Waals surface area contributed by atoms with Crippen molar-refractivity contribution in [1.82, 2.24) is 0 Å². The molecule has 144 valence electrons. The lowest BCUT2D eigenvalue weighted by Crippen LogP contribution is -2.27. The molecule has 7 heteroatoms. The van der Waals surface area contributed by atoms with Crippen LogP contribution in [0.15, 0.2) is 58.3 Å². The van der Waals surface area contributed by atoms with E-state index in [1.165, 1.54) is 11.8 Å². The molecule has 1 aliphatic rings. The summed E-state index contributed by atoms with van der Waals surface area (Å²) in [6.45, 7) is 5.14. The maximum absolute atomic E-state index is 12.5. The molecule has 0 amide bonds. The molecule has 0 aromatic heterocycles. The van der Waals surface area contributed by atoms with Crippen molar-refractivity contribution >= 4 is 27.6 Å². The average Bonchev–Trinajstić information content (AvgIpc) is 2.82. The molecular formula is C20H22O5S2. The molecule has 0 radical (unpaired) electrons. The molecule has 0 N–H and O–H groups in total. The summed E-state index contributed by atoms with van der Waals surface area (Å²) >= 11 is 1.51. The van der Waals surface area contributed by atoms with Gasteiger partial charge in [0.15, 0.2) is 16.4 Å². The lowest BCUT2D eigenvalue weighted by molar-refractivity contribution is -0.157. The van der Waals surface area contributed by atoms with E-state index >= 15 is 0 Å². The van der Waals surface area contributed by atoms with Gasteiger partial charge >= 0.3 is 5.97 Å². The molecule has 1 unspecified atom stereocenters. The van der Waals surface area contributed by atoms with Crippen molar-refractivity contribution in [3.05, 3.63) is 54.1 Å². The fourth-order valence-electron chi connectivity index (χ4n) is 2.80. The van der Waals surface area contributed by atoms with Crippen LogP contribution in [0, 0.1) is 0 Å². The van der Waals surface area contributed by atoms with E-state index in [9.17, 15) is 13.2 Å². The third-order valence-electron chi connectivity index (χ3n) is 3.83. The summed E-state index contributed by atoms with van der Waals surface area (Å²) in [5.74, 6) is 0.0402. The lowest BCUT2D eigenvalue weighted by Gasteiger charge is -2.19. The van der Waals surface area contributed by atoms with Gasteiger partial charge in [0, 0.05) is 4.90 Å². The number of carbonyl (C=O) groups is 1. The van der Waals surface area contributed by atoms with Gasteiger partial charge in [0.05, 0.1) is 15.9 Å². The van der Waals surface area contributed by atoms with Gasteiger partial charge < -0.3 is 9.47 Å². The molecule has 0 aliphatic carbocycles. The predicted molar refractivity (Wildman–Crippen MR) is 105 cm³/mol. The van der Waals surface area contributed by atoms with E-state index in [-0.39, 0.29) is 17.6 Å². The summed E-state index contributed by atoms with van der Waals surface area (Å²) in [6.07, 6.45) is 0. The fraction of sp³-hybridized carbons (Fsp3) is 0.350. The molecule has 0 saturated carbocycles. The minimum atomic E-state index is -3.31. The first-order valence-electron chi connectivity index (χ1n) is 8.57. The average molecular weight is 407 g/mol. The van der Waals surface area contributed by atoms with Crippen LogP contribution in [0.3, 0.4) is 0 Å². The van der Waals surface area contributed by atoms with Crippen molar-refractivity contribution in [1.29, 1.82) is 0 Å². The Hall–Kier alpha value is -1.99. The molecule has 0 bridgehead atoms. The fourth-order valence-corrected chi connectivity index (χ4v) is 6.25. The van der Waals surface area contributed by atoms with Crippen molar-refractivity contribution in [2.75, 3.05) is 12.4 Å². The second-order valence-corrected chi connectivity index (χ2v) is 10.6. The Morgan fingerprint density at radius 3 is 2.52 bits per heavy atom. The van der Waals surface area contributed by atoms with Gasteiger partial charge in [-0.15, -0.1) is 11.8 Å². The van der Waals surface area contributed by atoms with Gasteiger partial charge in [-0.05, 0) is 56.7 Å². The Morgan fingerprint density at radius 1 is 1.15 bits per heavy atom. The number of benzene rings is 2. The van der Waals surface area contributed by atoms with Crippen molar-refractivity contribution < 1.29 is 22.7 Å². The van der Waals surface area contributed by atoms with Crippen LogP contribution in [0.25, 0.3) is 0 Å². The van der Waals surface area contributed by atoms with E-state index in [4.69, 9.17) is 9.47 Å². The molecule has 5 nitrogen and oxygen atoms in total. The number of ether oxygens (including phenoxy) is 2. The summed E-state index contributed by atoms with van der Waals surface area (Å²) < 4.78 is 35.7. The van der Waals surface area contributed by atoms with Gasteiger partial charge in [0.25, 0.3) is 0 Å². The Bertz CT molecular complexity index is 931. The van der Waals surface area contributed by atoms with Crippen LogP contribution in [0.2, 0.25) is 0 Å². The number of fused-ring (bicyclic) bond motifs is 1. The van der Waals surface area contributed by atoms with E-state index < -0.39 is 21.4 Å². The maximum Gasteiger partial charge on any atom is 0.344 e. The smallest absolute Gasteiger partial charge is 0.344 e. The van der Waals surface area contributed by atoms with Gasteiger partial charge in [-0.1, -0.05) is 18.2 Å². The Kier molecular flexibility index (Phi) is 5.53. The third kappa shape index (κ3) is 5.05. The standard InChI is InChI=1S/C20H22O5S2/c1-20(2,3)25-19(21)12-24-14-9-10-18-16(11-14)17(13-27(18,22)23)26-15-7-5-4-6-8-15/h4-11,17H,12-13H2,1-3H3. The van der Waals surface area contributed by atoms with Crippen molar-refractivity contribution in [2.45, 2.75) is 41.4 Å². The Morgan fingerprint density at radius 2 is 1.85 bits per heavy atom. The predicted octanol–water partition coefficient (Wildman–Crippen LogP) is 4.03. The second kappa shape index (κ2) is 7.56. The van der Waals surface area contributed by atoms with E-state index in [1.54, 1.807) is 39.0 Å². The first-order chi connectivity index (χ1) is 12.6. The van der Waals surface area contributed by atoms with E-state index in [0.717, 1.165) is 4.90 Å². The van der Waals surface area contributed by atoms with Crippen LogP contribution in [0.1, 0.15) is 31.6 Å². The van der Waals surface area contributed by atoms with Crippen LogP contribution in [-0.2, 0) is 19.4 Å². The number of hydrogen-bond acceptors (Lipinski definition) is 6. The molecule has 0 spiro atoms. The highest BCUT2D eigenvalue weighted by Gasteiger charge is 2.35. The highest BCUT2D eigenvalue weighted by Crippen LogP contribution is 2.46. The Balaban J connectivity index is 1.77. The molecule has 0 fully saturated rings. The SMILES string of the molecule is CC(C)(C)OC(=O)COc1ccc2c(c1)C(Sc1ccccc1)CS2(=O)=O. The van der Waals surface area contributed by atoms with Gasteiger partial charge in [0.1, 0.15) is 11.4 Å². The largest absolute Gasteiger partial charge is 0.482 e. The lowest BCUT2D eigenvalue weighted by atomic mass is 10.1. The van der Waals surface area contributed by atoms with Crippen LogP contribution in [-0.4, -0.2) is 32.3 Å². The van der Waals surface area contributed by atoms with Crippen molar-refractivity contribution in [3.63, 3.8) is 0 Å². The number of esters is 1. The molecule has 1 atom stereocenters. The summed E-state index contributed by atoms with van der Waals surface area (Å²) in [4.78, 5) is 13.2. The third-order valence-corrected chi connectivity index (χ3v) is 7.11. The molecule has 1 heterocycles. The zero-order valence-electron chi connectivity index (χ0n) is 15.5. The first-order valence-corrected chi connectivity index (χ1v) is 11.1. The highest BCUT2D eigenvalue weighted by atomic mass is 32.2. The van der Waals surface area contributed by atoms with Gasteiger partial charge in [-0.25, -0.2) is 13.2 Å². The zero-order chi connectivity index (χ0) is 19.7. The molecule has 2 aromatic rings. The van der Waals surface area contributed by atoms with E-state index in [1.807, 2.05) is 30.3 Å². The van der Waals surface area contributed by atoms with Crippen LogP contribution >= 0.6 is 11.8 Å². The van der Waals surface area contributed by atoms with Crippen LogP contribution in [0.5, 0.6) is 5.75 Å². The second-order valence-electron chi connectivity index (χ2n) is 7.28. The molecule has 2 aromatic carbocycles. The van der Waals surface area contributed by atoms with E-state index in [2.05, 4.69) is 0 Å². The normalized spacial score (nSPS) is 18.0. The molecule has 1 aliphatic heterocycles. The monoisotopic (exact) mass is 406 g/mol. The minimum absolute atomic E-state index is 0.0530. The van der Waals surface area contributed by atoms with Crippen molar-refractivity contribution in [2.24, 2.45) is 0 Å². The number of rotatable bonds is 5. The maximum atomic E-state index is 12.5. The quantitative estimate of drug-likeness (QED) is 0.699. The number of thioether (sulfide) groups is 1. The molecule has 3 rings (SSSR count). The highest BCUT2D eigenvalue weighted by molar-refractivity contribution is 8.01. The van der Waals surface area contributed by atoms with Gasteiger partial charge in [-0.3, -0.25) is 0 Å². The summed E-state index contributed by atoms with van der Waals surface area (Å²) in [6, 6.07) is 14.5.